The SMILES string of the molecule is COc1cccc(-c2cc3c(N4CCN(Cc5ccc6c(c5)OCO6)CC4)nccn3n2)c1. The third-order valence-electron chi connectivity index (χ3n) is 6.25. The second kappa shape index (κ2) is 8.29. The molecule has 2 aliphatic heterocycles. The van der Waals surface area contributed by atoms with Gasteiger partial charge in [0, 0.05) is 50.7 Å². The monoisotopic (exact) mass is 443 g/mol. The van der Waals surface area contributed by atoms with Crippen LogP contribution in [0.25, 0.3) is 16.8 Å². The van der Waals surface area contributed by atoms with Gasteiger partial charge < -0.3 is 19.1 Å². The zero-order valence-electron chi connectivity index (χ0n) is 18.5. The molecule has 8 heteroatoms. The van der Waals surface area contributed by atoms with Crippen molar-refractivity contribution in [2.24, 2.45) is 0 Å². The van der Waals surface area contributed by atoms with E-state index in [0.29, 0.717) is 6.79 Å². The number of ether oxygens (including phenoxy) is 3. The summed E-state index contributed by atoms with van der Waals surface area (Å²) in [5.41, 5.74) is 4.19. The molecular weight excluding hydrogens is 418 g/mol. The Morgan fingerprint density at radius 2 is 1.85 bits per heavy atom. The Morgan fingerprint density at radius 1 is 0.970 bits per heavy atom. The van der Waals surface area contributed by atoms with Crippen LogP contribution in [0.3, 0.4) is 0 Å². The van der Waals surface area contributed by atoms with Crippen molar-refractivity contribution in [3.05, 3.63) is 66.5 Å². The zero-order valence-corrected chi connectivity index (χ0v) is 18.5. The van der Waals surface area contributed by atoms with Crippen LogP contribution in [0.5, 0.6) is 17.2 Å². The van der Waals surface area contributed by atoms with Crippen LogP contribution in [0.1, 0.15) is 5.56 Å². The molecule has 1 fully saturated rings. The number of anilines is 1. The minimum absolute atomic E-state index is 0.310. The van der Waals surface area contributed by atoms with Crippen LogP contribution < -0.4 is 19.1 Å². The van der Waals surface area contributed by atoms with E-state index >= 15 is 0 Å². The van der Waals surface area contributed by atoms with Crippen molar-refractivity contribution >= 4 is 11.3 Å². The second-order valence-electron chi connectivity index (χ2n) is 8.29. The Bertz CT molecular complexity index is 1300. The number of fused-ring (bicyclic) bond motifs is 2. The number of piperazine rings is 1. The highest BCUT2D eigenvalue weighted by Crippen LogP contribution is 2.33. The summed E-state index contributed by atoms with van der Waals surface area (Å²) in [4.78, 5) is 9.53. The summed E-state index contributed by atoms with van der Waals surface area (Å²) in [5.74, 6) is 3.47. The molecule has 2 aliphatic rings. The Morgan fingerprint density at radius 3 is 2.73 bits per heavy atom. The number of rotatable bonds is 5. The predicted molar refractivity (Wildman–Crippen MR) is 125 cm³/mol. The normalized spacial score (nSPS) is 15.8. The Labute approximate surface area is 191 Å². The fourth-order valence-corrected chi connectivity index (χ4v) is 4.49. The molecule has 0 amide bonds. The maximum absolute atomic E-state index is 5.52. The van der Waals surface area contributed by atoms with Crippen molar-refractivity contribution in [2.45, 2.75) is 6.54 Å². The van der Waals surface area contributed by atoms with E-state index in [4.69, 9.17) is 24.3 Å². The van der Waals surface area contributed by atoms with Gasteiger partial charge in [-0.2, -0.15) is 5.10 Å². The van der Waals surface area contributed by atoms with Crippen molar-refractivity contribution < 1.29 is 14.2 Å². The van der Waals surface area contributed by atoms with E-state index < -0.39 is 0 Å². The third-order valence-corrected chi connectivity index (χ3v) is 6.25. The maximum atomic E-state index is 5.52. The number of benzene rings is 2. The van der Waals surface area contributed by atoms with Crippen molar-refractivity contribution in [2.75, 3.05) is 45.0 Å². The lowest BCUT2D eigenvalue weighted by Gasteiger charge is -2.35. The summed E-state index contributed by atoms with van der Waals surface area (Å²) >= 11 is 0. The number of nitrogens with zero attached hydrogens (tertiary/aromatic N) is 5. The van der Waals surface area contributed by atoms with E-state index in [1.807, 2.05) is 47.2 Å². The first-order valence-corrected chi connectivity index (χ1v) is 11.1. The van der Waals surface area contributed by atoms with Crippen LogP contribution in [0.15, 0.2) is 60.9 Å². The molecule has 0 spiro atoms. The Hall–Kier alpha value is -3.78. The van der Waals surface area contributed by atoms with Gasteiger partial charge in [0.15, 0.2) is 17.3 Å². The number of hydrogen-bond donors (Lipinski definition) is 0. The number of aromatic nitrogens is 3. The van der Waals surface area contributed by atoms with Gasteiger partial charge in [-0.25, -0.2) is 9.50 Å². The molecule has 2 aromatic carbocycles. The van der Waals surface area contributed by atoms with Gasteiger partial charge in [0.1, 0.15) is 11.3 Å². The quantitative estimate of drug-likeness (QED) is 0.468. The molecular formula is C25H25N5O3. The van der Waals surface area contributed by atoms with Crippen molar-refractivity contribution in [3.63, 3.8) is 0 Å². The topological polar surface area (TPSA) is 64.4 Å². The standard InChI is InChI=1S/C25H25N5O3/c1-31-20-4-2-3-19(14-20)21-15-22-25(26-7-8-30(22)27-21)29-11-9-28(10-12-29)16-18-5-6-23-24(13-18)33-17-32-23/h2-8,13-15H,9-12,16-17H2,1H3. The summed E-state index contributed by atoms with van der Waals surface area (Å²) in [7, 11) is 1.68. The van der Waals surface area contributed by atoms with Crippen LogP contribution in [0.2, 0.25) is 0 Å². The fourth-order valence-electron chi connectivity index (χ4n) is 4.49. The average Bonchev–Trinajstić information content (AvgIpc) is 3.51. The lowest BCUT2D eigenvalue weighted by molar-refractivity contribution is 0.174. The average molecular weight is 444 g/mol. The van der Waals surface area contributed by atoms with E-state index in [2.05, 4.69) is 28.0 Å². The molecule has 4 heterocycles. The van der Waals surface area contributed by atoms with Gasteiger partial charge in [-0.1, -0.05) is 18.2 Å². The summed E-state index contributed by atoms with van der Waals surface area (Å²) < 4.78 is 18.2. The molecule has 0 saturated carbocycles. The minimum Gasteiger partial charge on any atom is -0.497 e. The number of hydrogen-bond acceptors (Lipinski definition) is 7. The summed E-state index contributed by atoms with van der Waals surface area (Å²) in [6, 6.07) is 16.3. The Kier molecular flexibility index (Phi) is 4.99. The van der Waals surface area contributed by atoms with Crippen molar-refractivity contribution in [1.29, 1.82) is 0 Å². The maximum Gasteiger partial charge on any atom is 0.231 e. The molecule has 0 aliphatic carbocycles. The van der Waals surface area contributed by atoms with Crippen LogP contribution in [-0.2, 0) is 6.54 Å². The fraction of sp³-hybridized carbons (Fsp3) is 0.280. The highest BCUT2D eigenvalue weighted by atomic mass is 16.7. The first-order chi connectivity index (χ1) is 16.3. The van der Waals surface area contributed by atoms with Gasteiger partial charge >= 0.3 is 0 Å². The van der Waals surface area contributed by atoms with Gasteiger partial charge in [-0.3, -0.25) is 4.90 Å². The number of methoxy groups -OCH3 is 1. The molecule has 4 aromatic rings. The molecule has 0 atom stereocenters. The van der Waals surface area contributed by atoms with Gasteiger partial charge in [0.05, 0.1) is 12.8 Å². The predicted octanol–water partition coefficient (Wildman–Crippen LogP) is 3.46. The van der Waals surface area contributed by atoms with Gasteiger partial charge in [-0.05, 0) is 35.9 Å². The highest BCUT2D eigenvalue weighted by molar-refractivity contribution is 5.75. The van der Waals surface area contributed by atoms with E-state index in [-0.39, 0.29) is 0 Å². The van der Waals surface area contributed by atoms with Gasteiger partial charge in [-0.15, -0.1) is 0 Å². The highest BCUT2D eigenvalue weighted by Gasteiger charge is 2.22. The van der Waals surface area contributed by atoms with Crippen LogP contribution >= 0.6 is 0 Å². The summed E-state index contributed by atoms with van der Waals surface area (Å²) in [5, 5.41) is 4.78. The molecule has 2 aromatic heterocycles. The van der Waals surface area contributed by atoms with E-state index in [1.165, 1.54) is 5.56 Å². The lowest BCUT2D eigenvalue weighted by atomic mass is 10.1. The van der Waals surface area contributed by atoms with Gasteiger partial charge in [0.25, 0.3) is 0 Å². The van der Waals surface area contributed by atoms with E-state index in [0.717, 1.165) is 72.6 Å². The van der Waals surface area contributed by atoms with E-state index in [9.17, 15) is 0 Å². The first kappa shape index (κ1) is 19.9. The second-order valence-corrected chi connectivity index (χ2v) is 8.29. The third kappa shape index (κ3) is 3.82. The Balaban J connectivity index is 1.18. The van der Waals surface area contributed by atoms with Crippen LogP contribution in [0.4, 0.5) is 5.82 Å². The first-order valence-electron chi connectivity index (χ1n) is 11.1. The molecule has 33 heavy (non-hydrogen) atoms. The van der Waals surface area contributed by atoms with Crippen molar-refractivity contribution in [3.8, 4) is 28.5 Å². The van der Waals surface area contributed by atoms with Crippen LogP contribution in [0, 0.1) is 0 Å². The van der Waals surface area contributed by atoms with Gasteiger partial charge in [0.2, 0.25) is 6.79 Å². The lowest BCUT2D eigenvalue weighted by Crippen LogP contribution is -2.46. The molecule has 0 N–H and O–H groups in total. The molecule has 8 nitrogen and oxygen atoms in total. The van der Waals surface area contributed by atoms with Crippen LogP contribution in [-0.4, -0.2) is 59.6 Å². The molecule has 0 radical (unpaired) electrons. The zero-order chi connectivity index (χ0) is 22.2. The summed E-state index contributed by atoms with van der Waals surface area (Å²) in [6.45, 7) is 4.97. The smallest absolute Gasteiger partial charge is 0.231 e. The molecule has 1 saturated heterocycles. The molecule has 6 rings (SSSR count). The largest absolute Gasteiger partial charge is 0.497 e. The summed E-state index contributed by atoms with van der Waals surface area (Å²) in [6.07, 6.45) is 3.72. The molecule has 0 unspecified atom stereocenters. The minimum atomic E-state index is 0.310. The van der Waals surface area contributed by atoms with E-state index in [1.54, 1.807) is 7.11 Å². The van der Waals surface area contributed by atoms with Crippen molar-refractivity contribution in [1.82, 2.24) is 19.5 Å². The molecule has 0 bridgehead atoms. The molecule has 168 valence electrons.